The minimum absolute atomic E-state index is 0.418. The molecule has 0 unspecified atom stereocenters. The third kappa shape index (κ3) is 4.93. The summed E-state index contributed by atoms with van der Waals surface area (Å²) in [4.78, 5) is 0. The summed E-state index contributed by atoms with van der Waals surface area (Å²) in [6, 6.07) is 18.8. The number of hydrogen-bond acceptors (Lipinski definition) is 4. The molecule has 0 amide bonds. The smallest absolute Gasteiger partial charge is 0.497 e. The van der Waals surface area contributed by atoms with Crippen molar-refractivity contribution in [1.82, 2.24) is 0 Å². The van der Waals surface area contributed by atoms with E-state index in [0.29, 0.717) is 5.02 Å². The first-order chi connectivity index (χ1) is 16.1. The van der Waals surface area contributed by atoms with Gasteiger partial charge in [0.15, 0.2) is 0 Å². The van der Waals surface area contributed by atoms with Crippen LogP contribution >= 0.6 is 11.6 Å². The van der Waals surface area contributed by atoms with Gasteiger partial charge < -0.3 is 8.92 Å². The van der Waals surface area contributed by atoms with Gasteiger partial charge in [-0.15, -0.1) is 0 Å². The average Bonchev–Trinajstić information content (AvgIpc) is 2.98. The minimum atomic E-state index is -5.75. The van der Waals surface area contributed by atoms with E-state index in [2.05, 4.69) is 4.18 Å². The Morgan fingerprint density at radius 3 is 2.09 bits per heavy atom. The second-order valence-corrected chi connectivity index (χ2v) is 9.72. The Bertz CT molecular complexity index is 1330. The van der Waals surface area contributed by atoms with Gasteiger partial charge in [-0.25, -0.2) is 0 Å². The summed E-state index contributed by atoms with van der Waals surface area (Å²) >= 11 is 6.08. The van der Waals surface area contributed by atoms with Crippen LogP contribution in [0.3, 0.4) is 0 Å². The summed E-state index contributed by atoms with van der Waals surface area (Å²) in [5.41, 5.74) is 0.200. The maximum atomic E-state index is 12.7. The van der Waals surface area contributed by atoms with Crippen LogP contribution in [0.4, 0.5) is 13.2 Å². The van der Waals surface area contributed by atoms with Crippen molar-refractivity contribution in [1.29, 1.82) is 0 Å². The van der Waals surface area contributed by atoms with Crippen molar-refractivity contribution in [2.75, 3.05) is 7.11 Å². The predicted molar refractivity (Wildman–Crippen MR) is 125 cm³/mol. The Morgan fingerprint density at radius 2 is 1.47 bits per heavy atom. The lowest BCUT2D eigenvalue weighted by Crippen LogP contribution is -2.28. The first-order valence-electron chi connectivity index (χ1n) is 10.4. The van der Waals surface area contributed by atoms with Gasteiger partial charge in [0.25, 0.3) is 0 Å². The van der Waals surface area contributed by atoms with Crippen LogP contribution in [0, 0.1) is 0 Å². The number of aryl methyl sites for hydroxylation is 1. The van der Waals surface area contributed by atoms with Crippen LogP contribution in [0.1, 0.15) is 35.1 Å². The molecule has 0 N–H and O–H groups in total. The van der Waals surface area contributed by atoms with Gasteiger partial charge in [0.05, 0.1) is 7.11 Å². The van der Waals surface area contributed by atoms with Crippen LogP contribution in [0.2, 0.25) is 5.02 Å². The van der Waals surface area contributed by atoms with Crippen LogP contribution in [0.15, 0.2) is 66.7 Å². The summed E-state index contributed by atoms with van der Waals surface area (Å²) < 4.78 is 70.4. The molecule has 1 aliphatic rings. The lowest BCUT2D eigenvalue weighted by Gasteiger charge is -2.18. The standard InChI is InChI=1S/C25H20ClF3O4S/c1-32-21-13-14-23-18(15-21)3-2-4-22(16-5-9-19(26)10-6-16)24(23)17-7-11-20(12-8-17)33-34(30,31)25(27,28)29/h5-15H,2-4H2,1H3. The molecule has 0 bridgehead atoms. The third-order valence-electron chi connectivity index (χ3n) is 5.58. The largest absolute Gasteiger partial charge is 0.534 e. The Labute approximate surface area is 200 Å². The van der Waals surface area contributed by atoms with E-state index < -0.39 is 21.4 Å². The lowest BCUT2D eigenvalue weighted by atomic mass is 9.88. The molecule has 0 heterocycles. The Morgan fingerprint density at radius 1 is 0.853 bits per heavy atom. The number of halogens is 4. The first kappa shape index (κ1) is 24.2. The molecule has 3 aromatic rings. The van der Waals surface area contributed by atoms with Gasteiger partial charge in [-0.1, -0.05) is 41.9 Å². The van der Waals surface area contributed by atoms with E-state index >= 15 is 0 Å². The number of benzene rings is 3. The zero-order chi connectivity index (χ0) is 24.5. The molecule has 0 radical (unpaired) electrons. The Hall–Kier alpha value is -2.97. The fraction of sp³-hybridized carbons (Fsp3) is 0.200. The fourth-order valence-corrected chi connectivity index (χ4v) is 4.60. The van der Waals surface area contributed by atoms with Crippen molar-refractivity contribution < 1.29 is 30.5 Å². The van der Waals surface area contributed by atoms with E-state index in [1.165, 1.54) is 12.1 Å². The maximum Gasteiger partial charge on any atom is 0.534 e. The molecule has 4 nitrogen and oxygen atoms in total. The molecule has 0 spiro atoms. The van der Waals surface area contributed by atoms with Crippen molar-refractivity contribution in [2.24, 2.45) is 0 Å². The molecule has 0 saturated heterocycles. The van der Waals surface area contributed by atoms with Gasteiger partial charge in [0.2, 0.25) is 0 Å². The molecule has 4 rings (SSSR count). The highest BCUT2D eigenvalue weighted by Gasteiger charge is 2.48. The second-order valence-electron chi connectivity index (χ2n) is 7.74. The molecule has 34 heavy (non-hydrogen) atoms. The molecule has 178 valence electrons. The van der Waals surface area contributed by atoms with Crippen LogP contribution in [-0.4, -0.2) is 21.0 Å². The zero-order valence-electron chi connectivity index (χ0n) is 18.0. The summed E-state index contributed by atoms with van der Waals surface area (Å²) in [6.45, 7) is 0. The van der Waals surface area contributed by atoms with Crippen molar-refractivity contribution in [3.63, 3.8) is 0 Å². The van der Waals surface area contributed by atoms with Gasteiger partial charge in [-0.3, -0.25) is 0 Å². The summed E-state index contributed by atoms with van der Waals surface area (Å²) in [5, 5.41) is 0.608. The zero-order valence-corrected chi connectivity index (χ0v) is 19.6. The summed E-state index contributed by atoms with van der Waals surface area (Å²) in [5.74, 6) is 0.312. The molecule has 9 heteroatoms. The van der Waals surface area contributed by atoms with Gasteiger partial charge in [0, 0.05) is 5.02 Å². The number of fused-ring (bicyclic) bond motifs is 1. The molecule has 0 saturated carbocycles. The molecule has 0 atom stereocenters. The van der Waals surface area contributed by atoms with E-state index in [1.54, 1.807) is 31.4 Å². The molecule has 0 aliphatic heterocycles. The van der Waals surface area contributed by atoms with Crippen LogP contribution < -0.4 is 8.92 Å². The van der Waals surface area contributed by atoms with Crippen molar-refractivity contribution in [2.45, 2.75) is 24.8 Å². The highest BCUT2D eigenvalue weighted by molar-refractivity contribution is 7.88. The Balaban J connectivity index is 1.84. The van der Waals surface area contributed by atoms with E-state index in [0.717, 1.165) is 58.4 Å². The molecule has 0 fully saturated rings. The number of rotatable bonds is 5. The van der Waals surface area contributed by atoms with Crippen LogP contribution in [0.5, 0.6) is 11.5 Å². The van der Waals surface area contributed by atoms with E-state index in [1.807, 2.05) is 30.3 Å². The third-order valence-corrected chi connectivity index (χ3v) is 6.81. The lowest BCUT2D eigenvalue weighted by molar-refractivity contribution is -0.0500. The predicted octanol–water partition coefficient (Wildman–Crippen LogP) is 6.87. The number of allylic oxidation sites excluding steroid dienone is 1. The Kier molecular flexibility index (Phi) is 6.64. The first-order valence-corrected chi connectivity index (χ1v) is 12.2. The van der Waals surface area contributed by atoms with Crippen LogP contribution in [0.25, 0.3) is 11.1 Å². The van der Waals surface area contributed by atoms with E-state index in [4.69, 9.17) is 16.3 Å². The fourth-order valence-electron chi connectivity index (χ4n) is 4.01. The van der Waals surface area contributed by atoms with E-state index in [-0.39, 0.29) is 0 Å². The average molecular weight is 509 g/mol. The molecule has 1 aliphatic carbocycles. The van der Waals surface area contributed by atoms with Gasteiger partial charge in [-0.05, 0) is 89.1 Å². The number of hydrogen-bond donors (Lipinski definition) is 0. The SMILES string of the molecule is COc1ccc2c(c1)CCCC(c1ccc(Cl)cc1)=C2c1ccc(OS(=O)(=O)C(F)(F)F)cc1. The monoisotopic (exact) mass is 508 g/mol. The second kappa shape index (κ2) is 9.35. The highest BCUT2D eigenvalue weighted by Crippen LogP contribution is 2.41. The quantitative estimate of drug-likeness (QED) is 0.279. The molecular formula is C25H20ClF3O4S. The number of methoxy groups -OCH3 is 1. The normalized spacial score (nSPS) is 14.4. The summed E-state index contributed by atoms with van der Waals surface area (Å²) in [7, 11) is -4.15. The minimum Gasteiger partial charge on any atom is -0.497 e. The van der Waals surface area contributed by atoms with Crippen molar-refractivity contribution >= 4 is 32.9 Å². The van der Waals surface area contributed by atoms with Crippen molar-refractivity contribution in [3.8, 4) is 11.5 Å². The molecule has 3 aromatic carbocycles. The van der Waals surface area contributed by atoms with Gasteiger partial charge in [0.1, 0.15) is 11.5 Å². The summed E-state index contributed by atoms with van der Waals surface area (Å²) in [6.07, 6.45) is 2.46. The molecular weight excluding hydrogens is 489 g/mol. The van der Waals surface area contributed by atoms with Crippen LogP contribution in [-0.2, 0) is 16.5 Å². The molecule has 0 aromatic heterocycles. The number of alkyl halides is 3. The van der Waals surface area contributed by atoms with E-state index in [9.17, 15) is 21.6 Å². The van der Waals surface area contributed by atoms with Gasteiger partial charge >= 0.3 is 15.6 Å². The topological polar surface area (TPSA) is 52.6 Å². The number of ether oxygens (including phenoxy) is 1. The van der Waals surface area contributed by atoms with Gasteiger partial charge in [-0.2, -0.15) is 21.6 Å². The maximum absolute atomic E-state index is 12.7. The van der Waals surface area contributed by atoms with Crippen molar-refractivity contribution in [3.05, 3.63) is 94.0 Å². The highest BCUT2D eigenvalue weighted by atomic mass is 35.5.